The van der Waals surface area contributed by atoms with Crippen LogP contribution in [0, 0.1) is 0 Å². The number of fused-ring (bicyclic) bond motifs is 1. The summed E-state index contributed by atoms with van der Waals surface area (Å²) < 4.78 is 5.42. The number of ether oxygens (including phenoxy) is 1. The SMILES string of the molecule is C[C@@H]1CN(C(=O)c2cc(C3CC3)nc3ccc(Cl)cc23)CC(C(=O)O)O1. The number of rotatable bonds is 3. The van der Waals surface area contributed by atoms with Gasteiger partial charge < -0.3 is 14.7 Å². The summed E-state index contributed by atoms with van der Waals surface area (Å²) in [4.78, 5) is 30.8. The number of amides is 1. The van der Waals surface area contributed by atoms with E-state index in [0.717, 1.165) is 24.1 Å². The molecule has 4 rings (SSSR count). The van der Waals surface area contributed by atoms with Gasteiger partial charge in [0, 0.05) is 28.6 Å². The van der Waals surface area contributed by atoms with E-state index in [4.69, 9.17) is 16.3 Å². The van der Waals surface area contributed by atoms with Gasteiger partial charge in [0.15, 0.2) is 6.10 Å². The molecule has 2 heterocycles. The van der Waals surface area contributed by atoms with Gasteiger partial charge in [0.2, 0.25) is 0 Å². The quantitative estimate of drug-likeness (QED) is 0.893. The highest BCUT2D eigenvalue weighted by Crippen LogP contribution is 2.40. The Hall–Kier alpha value is -2.18. The maximum Gasteiger partial charge on any atom is 0.334 e. The van der Waals surface area contributed by atoms with Crippen LogP contribution in [0.5, 0.6) is 0 Å². The lowest BCUT2D eigenvalue weighted by Gasteiger charge is -2.35. The van der Waals surface area contributed by atoms with Crippen LogP contribution in [-0.2, 0) is 9.53 Å². The Morgan fingerprint density at radius 3 is 2.73 bits per heavy atom. The van der Waals surface area contributed by atoms with E-state index in [-0.39, 0.29) is 18.6 Å². The Bertz CT molecular complexity index is 896. The van der Waals surface area contributed by atoms with E-state index in [1.807, 2.05) is 12.1 Å². The minimum absolute atomic E-state index is 0.0294. The fraction of sp³-hybridized carbons (Fsp3) is 0.421. The molecule has 6 nitrogen and oxygen atoms in total. The van der Waals surface area contributed by atoms with Crippen molar-refractivity contribution in [3.8, 4) is 0 Å². The first kappa shape index (κ1) is 17.2. The van der Waals surface area contributed by atoms with Crippen molar-refractivity contribution in [3.63, 3.8) is 0 Å². The molecule has 2 atom stereocenters. The number of aromatic nitrogens is 1. The minimum atomic E-state index is -1.06. The molecule has 2 aromatic rings. The summed E-state index contributed by atoms with van der Waals surface area (Å²) in [5, 5.41) is 10.5. The Morgan fingerprint density at radius 2 is 2.04 bits per heavy atom. The number of carboxylic acids is 1. The fourth-order valence-electron chi connectivity index (χ4n) is 3.41. The van der Waals surface area contributed by atoms with E-state index >= 15 is 0 Å². The Kier molecular flexibility index (Phi) is 4.32. The highest BCUT2D eigenvalue weighted by Gasteiger charge is 2.34. The van der Waals surface area contributed by atoms with Gasteiger partial charge in [-0.05, 0) is 44.0 Å². The number of hydrogen-bond donors (Lipinski definition) is 1. The topological polar surface area (TPSA) is 79.7 Å². The second-order valence-corrected chi connectivity index (χ2v) is 7.45. The van der Waals surface area contributed by atoms with Gasteiger partial charge in [-0.1, -0.05) is 11.6 Å². The average molecular weight is 375 g/mol. The molecule has 1 aliphatic carbocycles. The molecule has 1 N–H and O–H groups in total. The second kappa shape index (κ2) is 6.52. The number of carbonyl (C=O) groups excluding carboxylic acids is 1. The highest BCUT2D eigenvalue weighted by atomic mass is 35.5. The zero-order valence-electron chi connectivity index (χ0n) is 14.3. The maximum atomic E-state index is 13.2. The molecule has 1 amide bonds. The molecule has 1 aliphatic heterocycles. The third kappa shape index (κ3) is 3.27. The zero-order valence-corrected chi connectivity index (χ0v) is 15.1. The van der Waals surface area contributed by atoms with Crippen molar-refractivity contribution in [3.05, 3.63) is 40.5 Å². The number of benzene rings is 1. The lowest BCUT2D eigenvalue weighted by Crippen LogP contribution is -2.51. The van der Waals surface area contributed by atoms with Crippen LogP contribution in [0.4, 0.5) is 0 Å². The first-order valence-electron chi connectivity index (χ1n) is 8.70. The van der Waals surface area contributed by atoms with Gasteiger partial charge >= 0.3 is 5.97 Å². The van der Waals surface area contributed by atoms with Gasteiger partial charge in [-0.15, -0.1) is 0 Å². The number of carboxylic acid groups (broad SMARTS) is 1. The van der Waals surface area contributed by atoms with Crippen molar-refractivity contribution in [2.45, 2.75) is 37.9 Å². The molecule has 7 heteroatoms. The summed E-state index contributed by atoms with van der Waals surface area (Å²) in [6.45, 7) is 2.15. The molecular weight excluding hydrogens is 356 g/mol. The lowest BCUT2D eigenvalue weighted by molar-refractivity contribution is -0.160. The van der Waals surface area contributed by atoms with E-state index in [1.54, 1.807) is 24.0 Å². The van der Waals surface area contributed by atoms with Crippen LogP contribution in [0.1, 0.15) is 41.7 Å². The predicted molar refractivity (Wildman–Crippen MR) is 96.6 cm³/mol. The van der Waals surface area contributed by atoms with E-state index in [0.29, 0.717) is 28.4 Å². The third-order valence-electron chi connectivity index (χ3n) is 4.84. The number of nitrogens with zero attached hydrogens (tertiary/aromatic N) is 2. The smallest absolute Gasteiger partial charge is 0.334 e. The van der Waals surface area contributed by atoms with Crippen molar-refractivity contribution in [1.82, 2.24) is 9.88 Å². The number of pyridine rings is 1. The normalized spacial score (nSPS) is 23.2. The molecule has 1 aromatic carbocycles. The number of carbonyl (C=O) groups is 2. The summed E-state index contributed by atoms with van der Waals surface area (Å²) in [6, 6.07) is 7.17. The molecule has 0 spiro atoms. The molecule has 1 saturated heterocycles. The molecule has 2 fully saturated rings. The van der Waals surface area contributed by atoms with Crippen molar-refractivity contribution < 1.29 is 19.4 Å². The largest absolute Gasteiger partial charge is 0.479 e. The Balaban J connectivity index is 1.75. The van der Waals surface area contributed by atoms with E-state index in [9.17, 15) is 14.7 Å². The zero-order chi connectivity index (χ0) is 18.4. The van der Waals surface area contributed by atoms with Crippen molar-refractivity contribution in [2.75, 3.05) is 13.1 Å². The molecule has 1 saturated carbocycles. The van der Waals surface area contributed by atoms with Crippen LogP contribution in [0.2, 0.25) is 5.02 Å². The minimum Gasteiger partial charge on any atom is -0.479 e. The Labute approximate surface area is 155 Å². The van der Waals surface area contributed by atoms with Gasteiger partial charge in [-0.25, -0.2) is 4.79 Å². The van der Waals surface area contributed by atoms with E-state index in [2.05, 4.69) is 4.98 Å². The van der Waals surface area contributed by atoms with E-state index in [1.165, 1.54) is 0 Å². The monoisotopic (exact) mass is 374 g/mol. The third-order valence-corrected chi connectivity index (χ3v) is 5.07. The van der Waals surface area contributed by atoms with Gasteiger partial charge in [-0.2, -0.15) is 0 Å². The molecule has 2 aliphatic rings. The summed E-state index contributed by atoms with van der Waals surface area (Å²) in [5.74, 6) is -0.865. The van der Waals surface area contributed by atoms with Gasteiger partial charge in [0.05, 0.1) is 23.7 Å². The first-order chi connectivity index (χ1) is 12.4. The van der Waals surface area contributed by atoms with Crippen LogP contribution in [0.15, 0.2) is 24.3 Å². The van der Waals surface area contributed by atoms with Gasteiger partial charge in [0.25, 0.3) is 5.91 Å². The standard InChI is InChI=1S/C19H19ClN2O4/c1-10-8-22(9-17(26-10)19(24)25)18(23)14-7-16(11-2-3-11)21-15-5-4-12(20)6-13(14)15/h4-7,10-11,17H,2-3,8-9H2,1H3,(H,24,25)/t10-,17?/m1/s1. The molecule has 136 valence electrons. The molecular formula is C19H19ClN2O4. The van der Waals surface area contributed by atoms with Crippen molar-refractivity contribution >= 4 is 34.4 Å². The summed E-state index contributed by atoms with van der Waals surface area (Å²) >= 11 is 6.13. The van der Waals surface area contributed by atoms with Crippen LogP contribution in [0.25, 0.3) is 10.9 Å². The second-order valence-electron chi connectivity index (χ2n) is 7.01. The number of morpholine rings is 1. The maximum absolute atomic E-state index is 13.2. The van der Waals surface area contributed by atoms with Crippen molar-refractivity contribution in [2.24, 2.45) is 0 Å². The molecule has 26 heavy (non-hydrogen) atoms. The van der Waals surface area contributed by atoms with Crippen LogP contribution in [-0.4, -0.2) is 52.2 Å². The first-order valence-corrected chi connectivity index (χ1v) is 9.08. The van der Waals surface area contributed by atoms with Crippen molar-refractivity contribution in [1.29, 1.82) is 0 Å². The fourth-order valence-corrected chi connectivity index (χ4v) is 3.58. The molecule has 1 aromatic heterocycles. The summed E-state index contributed by atoms with van der Waals surface area (Å²) in [6.07, 6.45) is 0.806. The highest BCUT2D eigenvalue weighted by molar-refractivity contribution is 6.31. The Morgan fingerprint density at radius 1 is 1.27 bits per heavy atom. The van der Waals surface area contributed by atoms with Crippen LogP contribution < -0.4 is 0 Å². The number of aliphatic carboxylic acids is 1. The summed E-state index contributed by atoms with van der Waals surface area (Å²) in [7, 11) is 0. The number of halogens is 1. The summed E-state index contributed by atoms with van der Waals surface area (Å²) in [5.41, 5.74) is 2.18. The van der Waals surface area contributed by atoms with Gasteiger partial charge in [0.1, 0.15) is 0 Å². The van der Waals surface area contributed by atoms with Gasteiger partial charge in [-0.3, -0.25) is 9.78 Å². The molecule has 0 bridgehead atoms. The van der Waals surface area contributed by atoms with Crippen LogP contribution in [0.3, 0.4) is 0 Å². The average Bonchev–Trinajstić information content (AvgIpc) is 3.44. The predicted octanol–water partition coefficient (Wildman–Crippen LogP) is 3.08. The van der Waals surface area contributed by atoms with Crippen LogP contribution >= 0.6 is 11.6 Å². The molecule has 0 radical (unpaired) electrons. The molecule has 1 unspecified atom stereocenters. The van der Waals surface area contributed by atoms with E-state index < -0.39 is 12.1 Å². The number of hydrogen-bond acceptors (Lipinski definition) is 4. The lowest BCUT2D eigenvalue weighted by atomic mass is 10.0.